The van der Waals surface area contributed by atoms with Gasteiger partial charge in [-0.2, -0.15) is 0 Å². The Bertz CT molecular complexity index is 4240. The fraction of sp³-hybridized carbons (Fsp3) is 0. The first kappa shape index (κ1) is 47.2. The molecule has 13 aromatic rings. The predicted molar refractivity (Wildman–Crippen MR) is 318 cm³/mol. The lowest BCUT2D eigenvalue weighted by molar-refractivity contribution is 1.07. The third-order valence-electron chi connectivity index (χ3n) is 14.0. The van der Waals surface area contributed by atoms with Crippen LogP contribution in [0.15, 0.2) is 291 Å². The molecule has 0 N–H and O–H groups in total. The minimum absolute atomic E-state index is 0.599. The molecule has 0 spiro atoms. The Balaban J connectivity index is 0.823. The Morgan fingerprint density at radius 1 is 0.115 bits per heavy atom. The molecule has 0 amide bonds. The molecule has 78 heavy (non-hydrogen) atoms. The van der Waals surface area contributed by atoms with E-state index in [9.17, 15) is 0 Å². The van der Waals surface area contributed by atoms with Gasteiger partial charge in [0.2, 0.25) is 0 Å². The van der Waals surface area contributed by atoms with Gasteiger partial charge in [0.05, 0.1) is 0 Å². The van der Waals surface area contributed by atoms with Crippen molar-refractivity contribution in [1.82, 2.24) is 29.9 Å². The fourth-order valence-electron chi connectivity index (χ4n) is 9.93. The second kappa shape index (κ2) is 21.4. The van der Waals surface area contributed by atoms with E-state index in [1.54, 1.807) is 0 Å². The first-order chi connectivity index (χ1) is 38.6. The number of hydrogen-bond donors (Lipinski definition) is 0. The van der Waals surface area contributed by atoms with Crippen molar-refractivity contribution in [3.05, 3.63) is 291 Å². The molecule has 6 heteroatoms. The Morgan fingerprint density at radius 3 is 0.551 bits per heavy atom. The molecule has 0 aliphatic rings. The molecule has 0 radical (unpaired) electrons. The van der Waals surface area contributed by atoms with Crippen LogP contribution < -0.4 is 0 Å². The zero-order valence-corrected chi connectivity index (χ0v) is 42.4. The molecule has 0 aliphatic heterocycles. The Labute approximate surface area is 453 Å². The van der Waals surface area contributed by atoms with Crippen molar-refractivity contribution in [3.63, 3.8) is 0 Å². The SMILES string of the molecule is c1ccc(-c2ccc(-c3nc(-c4cccc(-c5ccccc5)c4)nc(-c4cccc(-c5cccc(-c6cccc(-c7cccc(-c8nc(-c9ccccc9)nc(-c9cccc(-c%10ccccc%10)c9)n8)c7)c6)c5)c4)n3)cc2)cc1. The van der Waals surface area contributed by atoms with Crippen molar-refractivity contribution >= 4 is 0 Å². The lowest BCUT2D eigenvalue weighted by Crippen LogP contribution is -2.00. The van der Waals surface area contributed by atoms with Crippen LogP contribution in [-0.4, -0.2) is 29.9 Å². The predicted octanol–water partition coefficient (Wildman–Crippen LogP) is 18.1. The molecule has 0 aliphatic carbocycles. The summed E-state index contributed by atoms with van der Waals surface area (Å²) in [7, 11) is 0. The largest absolute Gasteiger partial charge is 0.208 e. The van der Waals surface area contributed by atoms with E-state index < -0.39 is 0 Å². The first-order valence-corrected chi connectivity index (χ1v) is 26.1. The van der Waals surface area contributed by atoms with Crippen LogP contribution in [0.1, 0.15) is 0 Å². The molecule has 6 nitrogen and oxygen atoms in total. The standard InChI is InChI=1S/C72H48N6/c1-5-19-49(20-6-1)52-39-41-54(42-40-52)68-75-70(64-36-16-28-56(46-64)51-23-9-3-10-24-51)78-72(76-68)66-38-18-34-62(48-66)60-32-14-30-58(44-60)57-29-13-31-59(43-57)61-33-17-37-65(47-61)71-74-67(53-25-11-4-12-26-53)73-69(77-71)63-35-15-27-55(45-63)50-21-7-2-8-22-50/h1-48H. The number of aromatic nitrogens is 6. The summed E-state index contributed by atoms with van der Waals surface area (Å²) in [6.45, 7) is 0. The quantitative estimate of drug-likeness (QED) is 0.121. The molecule has 2 aromatic heterocycles. The molecule has 2 heterocycles. The topological polar surface area (TPSA) is 77.3 Å². The van der Waals surface area contributed by atoms with E-state index in [-0.39, 0.29) is 0 Å². The van der Waals surface area contributed by atoms with Crippen molar-refractivity contribution in [2.24, 2.45) is 0 Å². The van der Waals surface area contributed by atoms with Crippen LogP contribution in [0, 0.1) is 0 Å². The third-order valence-corrected chi connectivity index (χ3v) is 14.0. The summed E-state index contributed by atoms with van der Waals surface area (Å²) in [4.78, 5) is 30.7. The van der Waals surface area contributed by atoms with Crippen LogP contribution in [-0.2, 0) is 0 Å². The minimum atomic E-state index is 0.599. The molecule has 0 saturated heterocycles. The molecular weight excluding hydrogens is 949 g/mol. The van der Waals surface area contributed by atoms with Crippen LogP contribution >= 0.6 is 0 Å². The van der Waals surface area contributed by atoms with E-state index >= 15 is 0 Å². The third kappa shape index (κ3) is 10.2. The van der Waals surface area contributed by atoms with Gasteiger partial charge in [-0.15, -0.1) is 0 Å². The first-order valence-electron chi connectivity index (χ1n) is 26.1. The summed E-state index contributed by atoms with van der Waals surface area (Å²) >= 11 is 0. The van der Waals surface area contributed by atoms with E-state index in [4.69, 9.17) is 29.9 Å². The summed E-state index contributed by atoms with van der Waals surface area (Å²) in [5, 5.41) is 0. The highest BCUT2D eigenvalue weighted by Gasteiger charge is 2.17. The maximum Gasteiger partial charge on any atom is 0.164 e. The van der Waals surface area contributed by atoms with Gasteiger partial charge in [-0.3, -0.25) is 0 Å². The summed E-state index contributed by atoms with van der Waals surface area (Å²) < 4.78 is 0. The normalized spacial score (nSPS) is 11.1. The maximum atomic E-state index is 5.18. The van der Waals surface area contributed by atoms with E-state index in [1.165, 1.54) is 0 Å². The second-order valence-corrected chi connectivity index (χ2v) is 19.1. The average Bonchev–Trinajstić information content (AvgIpc) is 3.56. The summed E-state index contributed by atoms with van der Waals surface area (Å²) in [5.74, 6) is 3.66. The monoisotopic (exact) mass is 996 g/mol. The molecule has 11 aromatic carbocycles. The number of rotatable bonds is 12. The van der Waals surface area contributed by atoms with E-state index in [2.05, 4.69) is 243 Å². The number of nitrogens with zero attached hydrogens (tertiary/aromatic N) is 6. The molecule has 0 bridgehead atoms. The number of benzene rings is 11. The highest BCUT2D eigenvalue weighted by atomic mass is 15.0. The van der Waals surface area contributed by atoms with E-state index in [1.807, 2.05) is 48.5 Å². The van der Waals surface area contributed by atoms with Crippen molar-refractivity contribution < 1.29 is 0 Å². The van der Waals surface area contributed by atoms with E-state index in [0.717, 1.165) is 100 Å². The van der Waals surface area contributed by atoms with Gasteiger partial charge < -0.3 is 0 Å². The highest BCUT2D eigenvalue weighted by Crippen LogP contribution is 2.35. The van der Waals surface area contributed by atoms with Gasteiger partial charge >= 0.3 is 0 Å². The summed E-state index contributed by atoms with van der Waals surface area (Å²) in [6, 6.07) is 101. The van der Waals surface area contributed by atoms with Gasteiger partial charge in [-0.1, -0.05) is 255 Å². The molecular formula is C72H48N6. The van der Waals surface area contributed by atoms with Crippen LogP contribution in [0.25, 0.3) is 135 Å². The zero-order chi connectivity index (χ0) is 52.0. The minimum Gasteiger partial charge on any atom is -0.208 e. The Morgan fingerprint density at radius 2 is 0.269 bits per heavy atom. The van der Waals surface area contributed by atoms with E-state index in [0.29, 0.717) is 34.9 Å². The van der Waals surface area contributed by atoms with Gasteiger partial charge in [0.25, 0.3) is 0 Å². The van der Waals surface area contributed by atoms with Gasteiger partial charge in [-0.25, -0.2) is 29.9 Å². The number of hydrogen-bond acceptors (Lipinski definition) is 6. The Hall–Kier alpha value is -10.6. The van der Waals surface area contributed by atoms with Crippen LogP contribution in [0.5, 0.6) is 0 Å². The van der Waals surface area contributed by atoms with Crippen molar-refractivity contribution in [3.8, 4) is 135 Å². The fourth-order valence-corrected chi connectivity index (χ4v) is 9.93. The maximum absolute atomic E-state index is 5.18. The van der Waals surface area contributed by atoms with Gasteiger partial charge in [-0.05, 0) is 103 Å². The van der Waals surface area contributed by atoms with Crippen LogP contribution in [0.4, 0.5) is 0 Å². The van der Waals surface area contributed by atoms with Gasteiger partial charge in [0.1, 0.15) is 0 Å². The summed E-state index contributed by atoms with van der Waals surface area (Å²) in [6.07, 6.45) is 0. The van der Waals surface area contributed by atoms with Crippen molar-refractivity contribution in [2.75, 3.05) is 0 Å². The van der Waals surface area contributed by atoms with Gasteiger partial charge in [0, 0.05) is 33.4 Å². The zero-order valence-electron chi connectivity index (χ0n) is 42.4. The van der Waals surface area contributed by atoms with Crippen LogP contribution in [0.3, 0.4) is 0 Å². The molecule has 366 valence electrons. The average molecular weight is 997 g/mol. The lowest BCUT2D eigenvalue weighted by atomic mass is 9.95. The molecule has 0 atom stereocenters. The molecule has 0 fully saturated rings. The molecule has 0 saturated carbocycles. The smallest absolute Gasteiger partial charge is 0.164 e. The Kier molecular flexibility index (Phi) is 12.9. The van der Waals surface area contributed by atoms with Crippen LogP contribution in [0.2, 0.25) is 0 Å². The highest BCUT2D eigenvalue weighted by molar-refractivity contribution is 5.81. The molecule has 13 rings (SSSR count). The second-order valence-electron chi connectivity index (χ2n) is 19.1. The van der Waals surface area contributed by atoms with Crippen molar-refractivity contribution in [2.45, 2.75) is 0 Å². The summed E-state index contributed by atoms with van der Waals surface area (Å²) in [5.41, 5.74) is 18.7. The van der Waals surface area contributed by atoms with Gasteiger partial charge in [0.15, 0.2) is 34.9 Å². The molecule has 0 unspecified atom stereocenters. The lowest BCUT2D eigenvalue weighted by Gasteiger charge is -2.12. The van der Waals surface area contributed by atoms with Crippen molar-refractivity contribution in [1.29, 1.82) is 0 Å².